The van der Waals surface area contributed by atoms with Crippen molar-refractivity contribution in [2.75, 3.05) is 44.3 Å². The Kier molecular flexibility index (Phi) is 3.66. The summed E-state index contributed by atoms with van der Waals surface area (Å²) < 4.78 is 5.21. The summed E-state index contributed by atoms with van der Waals surface area (Å²) in [4.78, 5) is 16.9. The van der Waals surface area contributed by atoms with Gasteiger partial charge in [-0.3, -0.25) is 4.79 Å². The number of hydrogen-bond acceptors (Lipinski definition) is 3. The minimum absolute atomic E-state index is 0.259. The van der Waals surface area contributed by atoms with E-state index in [0.29, 0.717) is 13.2 Å². The van der Waals surface area contributed by atoms with Crippen LogP contribution in [0.4, 0.5) is 5.69 Å². The van der Waals surface area contributed by atoms with Gasteiger partial charge in [-0.1, -0.05) is 12.1 Å². The Labute approximate surface area is 126 Å². The van der Waals surface area contributed by atoms with Gasteiger partial charge in [0.1, 0.15) is 0 Å². The molecule has 114 valence electrons. The summed E-state index contributed by atoms with van der Waals surface area (Å²) >= 11 is 0. The molecular weight excluding hydrogens is 264 g/mol. The smallest absolute Gasteiger partial charge is 0.233 e. The zero-order valence-electron chi connectivity index (χ0n) is 13.2. The predicted molar refractivity (Wildman–Crippen MR) is 83.6 cm³/mol. The van der Waals surface area contributed by atoms with Gasteiger partial charge in [0.15, 0.2) is 0 Å². The summed E-state index contributed by atoms with van der Waals surface area (Å²) in [5, 5.41) is 0. The summed E-state index contributed by atoms with van der Waals surface area (Å²) in [7, 11) is 0. The van der Waals surface area contributed by atoms with Gasteiger partial charge in [-0.15, -0.1) is 0 Å². The molecule has 0 unspecified atom stereocenters. The highest BCUT2D eigenvalue weighted by molar-refractivity contribution is 5.83. The monoisotopic (exact) mass is 288 g/mol. The Bertz CT molecular complexity index is 544. The number of piperazine rings is 1. The normalized spacial score (nSPS) is 21.1. The van der Waals surface area contributed by atoms with Crippen molar-refractivity contribution in [3.05, 3.63) is 29.3 Å². The lowest BCUT2D eigenvalue weighted by Gasteiger charge is -2.44. The maximum atomic E-state index is 12.5. The quantitative estimate of drug-likeness (QED) is 0.834. The molecule has 0 N–H and O–H groups in total. The number of anilines is 1. The molecule has 1 aromatic carbocycles. The highest BCUT2D eigenvalue weighted by atomic mass is 16.5. The number of rotatable bonds is 2. The summed E-state index contributed by atoms with van der Waals surface area (Å²) in [6, 6.07) is 6.57. The summed E-state index contributed by atoms with van der Waals surface area (Å²) in [5.74, 6) is 0.259. The van der Waals surface area contributed by atoms with Crippen molar-refractivity contribution in [3.8, 4) is 0 Å². The second kappa shape index (κ2) is 5.34. The summed E-state index contributed by atoms with van der Waals surface area (Å²) in [6.07, 6.45) is 0. The number of carbonyl (C=O) groups excluding carboxylic acids is 1. The molecule has 2 fully saturated rings. The van der Waals surface area contributed by atoms with Gasteiger partial charge >= 0.3 is 0 Å². The van der Waals surface area contributed by atoms with Crippen LogP contribution < -0.4 is 4.90 Å². The lowest BCUT2D eigenvalue weighted by Crippen LogP contribution is -2.58. The van der Waals surface area contributed by atoms with Crippen LogP contribution in [-0.4, -0.2) is 50.2 Å². The number of amides is 1. The molecule has 3 rings (SSSR count). The Morgan fingerprint density at radius 3 is 2.38 bits per heavy atom. The van der Waals surface area contributed by atoms with Crippen LogP contribution >= 0.6 is 0 Å². The van der Waals surface area contributed by atoms with Crippen LogP contribution in [0.5, 0.6) is 0 Å². The molecule has 2 aliphatic heterocycles. The van der Waals surface area contributed by atoms with Crippen molar-refractivity contribution < 1.29 is 9.53 Å². The van der Waals surface area contributed by atoms with Crippen molar-refractivity contribution in [1.82, 2.24) is 4.90 Å². The standard InChI is InChI=1S/C17H24N2O2/c1-13-4-5-14(2)15(10-13)18-6-8-19(9-7-18)16(20)17(3)11-21-12-17/h4-5,10H,6-9,11-12H2,1-3H3. The van der Waals surface area contributed by atoms with Crippen LogP contribution in [0.2, 0.25) is 0 Å². The van der Waals surface area contributed by atoms with Crippen molar-refractivity contribution in [1.29, 1.82) is 0 Å². The SMILES string of the molecule is Cc1ccc(C)c(N2CCN(C(=O)C3(C)COC3)CC2)c1. The van der Waals surface area contributed by atoms with Crippen LogP contribution in [0, 0.1) is 19.3 Å². The number of hydrogen-bond donors (Lipinski definition) is 0. The van der Waals surface area contributed by atoms with E-state index in [4.69, 9.17) is 4.74 Å². The molecule has 2 heterocycles. The summed E-state index contributed by atoms with van der Waals surface area (Å²) in [5.41, 5.74) is 3.62. The molecule has 1 aromatic rings. The topological polar surface area (TPSA) is 32.8 Å². The summed E-state index contributed by atoms with van der Waals surface area (Å²) in [6.45, 7) is 10.9. The van der Waals surface area contributed by atoms with E-state index in [-0.39, 0.29) is 11.3 Å². The zero-order chi connectivity index (χ0) is 15.0. The number of carbonyl (C=O) groups is 1. The average Bonchev–Trinajstić information content (AvgIpc) is 2.47. The van der Waals surface area contributed by atoms with E-state index in [1.165, 1.54) is 16.8 Å². The van der Waals surface area contributed by atoms with E-state index in [2.05, 4.69) is 36.9 Å². The molecule has 0 bridgehead atoms. The molecule has 0 radical (unpaired) electrons. The van der Waals surface area contributed by atoms with E-state index in [9.17, 15) is 4.79 Å². The fourth-order valence-corrected chi connectivity index (χ4v) is 3.12. The predicted octanol–water partition coefficient (Wildman–Crippen LogP) is 1.99. The van der Waals surface area contributed by atoms with Gasteiger partial charge < -0.3 is 14.5 Å². The number of benzene rings is 1. The van der Waals surface area contributed by atoms with Gasteiger partial charge in [0.25, 0.3) is 0 Å². The Balaban J connectivity index is 1.65. The molecule has 21 heavy (non-hydrogen) atoms. The van der Waals surface area contributed by atoms with Gasteiger partial charge in [0, 0.05) is 31.9 Å². The van der Waals surface area contributed by atoms with Crippen LogP contribution in [0.1, 0.15) is 18.1 Å². The first kappa shape index (κ1) is 14.4. The molecule has 4 nitrogen and oxygen atoms in total. The van der Waals surface area contributed by atoms with Gasteiger partial charge in [-0.2, -0.15) is 0 Å². The van der Waals surface area contributed by atoms with E-state index >= 15 is 0 Å². The number of aryl methyl sites for hydroxylation is 2. The van der Waals surface area contributed by atoms with Crippen LogP contribution in [0.25, 0.3) is 0 Å². The van der Waals surface area contributed by atoms with Gasteiger partial charge in [0.05, 0.1) is 18.6 Å². The molecular formula is C17H24N2O2. The largest absolute Gasteiger partial charge is 0.379 e. The second-order valence-corrected chi connectivity index (χ2v) is 6.62. The number of nitrogens with zero attached hydrogens (tertiary/aromatic N) is 2. The van der Waals surface area contributed by atoms with Crippen LogP contribution in [0.15, 0.2) is 18.2 Å². The molecule has 0 aliphatic carbocycles. The molecule has 0 saturated carbocycles. The van der Waals surface area contributed by atoms with Gasteiger partial charge in [0.2, 0.25) is 5.91 Å². The first-order chi connectivity index (χ1) is 9.99. The van der Waals surface area contributed by atoms with E-state index < -0.39 is 0 Å². The fourth-order valence-electron chi connectivity index (χ4n) is 3.12. The zero-order valence-corrected chi connectivity index (χ0v) is 13.2. The van der Waals surface area contributed by atoms with E-state index in [1.54, 1.807) is 0 Å². The van der Waals surface area contributed by atoms with E-state index in [1.807, 2.05) is 11.8 Å². The van der Waals surface area contributed by atoms with Crippen molar-refractivity contribution in [2.45, 2.75) is 20.8 Å². The Morgan fingerprint density at radius 1 is 1.14 bits per heavy atom. The highest BCUT2D eigenvalue weighted by Gasteiger charge is 2.44. The van der Waals surface area contributed by atoms with Crippen molar-refractivity contribution in [2.24, 2.45) is 5.41 Å². The number of ether oxygens (including phenoxy) is 1. The maximum Gasteiger partial charge on any atom is 0.233 e. The third-order valence-corrected chi connectivity index (χ3v) is 4.63. The van der Waals surface area contributed by atoms with Crippen LogP contribution in [-0.2, 0) is 9.53 Å². The Hall–Kier alpha value is -1.55. The second-order valence-electron chi connectivity index (χ2n) is 6.62. The van der Waals surface area contributed by atoms with Crippen molar-refractivity contribution in [3.63, 3.8) is 0 Å². The molecule has 1 amide bonds. The van der Waals surface area contributed by atoms with Gasteiger partial charge in [-0.25, -0.2) is 0 Å². The van der Waals surface area contributed by atoms with Crippen molar-refractivity contribution >= 4 is 11.6 Å². The maximum absolute atomic E-state index is 12.5. The van der Waals surface area contributed by atoms with E-state index in [0.717, 1.165) is 26.2 Å². The first-order valence-electron chi connectivity index (χ1n) is 7.69. The highest BCUT2D eigenvalue weighted by Crippen LogP contribution is 2.30. The molecule has 2 saturated heterocycles. The third kappa shape index (κ3) is 2.64. The third-order valence-electron chi connectivity index (χ3n) is 4.63. The molecule has 0 aromatic heterocycles. The molecule has 4 heteroatoms. The minimum Gasteiger partial charge on any atom is -0.379 e. The minimum atomic E-state index is -0.276. The Morgan fingerprint density at radius 2 is 1.81 bits per heavy atom. The first-order valence-corrected chi connectivity index (χ1v) is 7.69. The molecule has 2 aliphatic rings. The lowest BCUT2D eigenvalue weighted by atomic mass is 9.86. The fraction of sp³-hybridized carbons (Fsp3) is 0.588. The molecule has 0 atom stereocenters. The average molecular weight is 288 g/mol. The molecule has 0 spiro atoms. The van der Waals surface area contributed by atoms with Crippen LogP contribution in [0.3, 0.4) is 0 Å². The lowest BCUT2D eigenvalue weighted by molar-refractivity contribution is -0.169. The van der Waals surface area contributed by atoms with Gasteiger partial charge in [-0.05, 0) is 38.0 Å².